The van der Waals surface area contributed by atoms with Gasteiger partial charge in [0.1, 0.15) is 5.82 Å². The first-order chi connectivity index (χ1) is 7.15. The molecule has 0 radical (unpaired) electrons. The number of benzene rings is 1. The molecule has 2 aromatic rings. The van der Waals surface area contributed by atoms with Crippen LogP contribution in [0.2, 0.25) is 0 Å². The molecule has 0 spiro atoms. The zero-order valence-electron chi connectivity index (χ0n) is 8.24. The van der Waals surface area contributed by atoms with Crippen molar-refractivity contribution >= 4 is 17.2 Å². The smallest absolute Gasteiger partial charge is 0.175 e. The number of aryl methyl sites for hydroxylation is 1. The predicted octanol–water partition coefficient (Wildman–Crippen LogP) is 1.88. The predicted molar refractivity (Wildman–Crippen MR) is 57.3 cm³/mol. The summed E-state index contributed by atoms with van der Waals surface area (Å²) in [6.45, 7) is 0. The molecule has 1 heterocycles. The second-order valence-corrected chi connectivity index (χ2v) is 3.24. The minimum absolute atomic E-state index is 0.269. The topological polar surface area (TPSA) is 55.9 Å². The Morgan fingerprint density at radius 2 is 2.00 bits per heavy atom. The highest BCUT2D eigenvalue weighted by atomic mass is 19.1. The molecule has 3 N–H and O–H groups in total. The van der Waals surface area contributed by atoms with Gasteiger partial charge in [0.2, 0.25) is 0 Å². The molecule has 0 saturated carbocycles. The van der Waals surface area contributed by atoms with Crippen LogP contribution in [0.15, 0.2) is 30.5 Å². The van der Waals surface area contributed by atoms with E-state index in [4.69, 9.17) is 5.73 Å². The summed E-state index contributed by atoms with van der Waals surface area (Å²) in [5.74, 6) is 0.304. The highest BCUT2D eigenvalue weighted by Crippen LogP contribution is 2.20. The van der Waals surface area contributed by atoms with Gasteiger partial charge in [-0.3, -0.25) is 4.68 Å². The first-order valence-electron chi connectivity index (χ1n) is 4.47. The third kappa shape index (κ3) is 2.07. The Labute approximate surface area is 86.5 Å². The number of nitrogens with two attached hydrogens (primary N) is 1. The zero-order chi connectivity index (χ0) is 10.8. The van der Waals surface area contributed by atoms with Crippen molar-refractivity contribution in [1.29, 1.82) is 0 Å². The molecule has 0 aliphatic rings. The van der Waals surface area contributed by atoms with Gasteiger partial charge in [-0.2, -0.15) is 5.10 Å². The van der Waals surface area contributed by atoms with Gasteiger partial charge in [-0.05, 0) is 24.3 Å². The quantitative estimate of drug-likeness (QED) is 0.788. The van der Waals surface area contributed by atoms with Crippen LogP contribution in [0.25, 0.3) is 0 Å². The summed E-state index contributed by atoms with van der Waals surface area (Å²) in [7, 11) is 1.78. The molecule has 0 aliphatic heterocycles. The number of nitrogens with zero attached hydrogens (tertiary/aromatic N) is 2. The molecular formula is C10H11FN4. The normalized spacial score (nSPS) is 10.3. The highest BCUT2D eigenvalue weighted by Gasteiger charge is 2.03. The molecule has 1 aromatic heterocycles. The van der Waals surface area contributed by atoms with Gasteiger partial charge in [0.05, 0.1) is 5.69 Å². The lowest BCUT2D eigenvalue weighted by Crippen LogP contribution is -1.95. The molecule has 4 nitrogen and oxygen atoms in total. The number of nitrogens with one attached hydrogen (secondary N) is 1. The molecule has 0 atom stereocenters. The number of aromatic nitrogens is 2. The number of halogens is 1. The molecule has 5 heteroatoms. The molecular weight excluding hydrogens is 195 g/mol. The average Bonchev–Trinajstić information content (AvgIpc) is 2.49. The average molecular weight is 206 g/mol. The van der Waals surface area contributed by atoms with Crippen molar-refractivity contribution in [2.45, 2.75) is 0 Å². The summed E-state index contributed by atoms with van der Waals surface area (Å²) in [5.41, 5.74) is 7.01. The summed E-state index contributed by atoms with van der Waals surface area (Å²) < 4.78 is 14.2. The molecule has 1 aromatic carbocycles. The van der Waals surface area contributed by atoms with Gasteiger partial charge in [0.25, 0.3) is 0 Å². The van der Waals surface area contributed by atoms with Crippen LogP contribution in [-0.2, 0) is 7.05 Å². The van der Waals surface area contributed by atoms with Gasteiger partial charge >= 0.3 is 0 Å². The van der Waals surface area contributed by atoms with Crippen LogP contribution in [0.1, 0.15) is 0 Å². The zero-order valence-corrected chi connectivity index (χ0v) is 8.24. The van der Waals surface area contributed by atoms with Gasteiger partial charge in [0.15, 0.2) is 5.82 Å². The Bertz CT molecular complexity index is 461. The second-order valence-electron chi connectivity index (χ2n) is 3.24. The van der Waals surface area contributed by atoms with Crippen LogP contribution in [0, 0.1) is 5.82 Å². The molecule has 15 heavy (non-hydrogen) atoms. The van der Waals surface area contributed by atoms with Crippen molar-refractivity contribution < 1.29 is 4.39 Å². The Balaban J connectivity index is 2.21. The number of anilines is 3. The minimum Gasteiger partial charge on any atom is -0.394 e. The van der Waals surface area contributed by atoms with E-state index in [1.54, 1.807) is 30.1 Å². The lowest BCUT2D eigenvalue weighted by atomic mass is 10.3. The van der Waals surface area contributed by atoms with Crippen LogP contribution < -0.4 is 11.1 Å². The highest BCUT2D eigenvalue weighted by molar-refractivity contribution is 5.67. The maximum atomic E-state index is 12.6. The van der Waals surface area contributed by atoms with Crippen molar-refractivity contribution in [2.75, 3.05) is 11.1 Å². The fourth-order valence-corrected chi connectivity index (χ4v) is 1.27. The Morgan fingerprint density at radius 3 is 2.53 bits per heavy atom. The SMILES string of the molecule is Cn1cc(N)c(Nc2ccc(F)cc2)n1. The third-order valence-electron chi connectivity index (χ3n) is 1.96. The molecule has 0 saturated heterocycles. The van der Waals surface area contributed by atoms with Crippen LogP contribution >= 0.6 is 0 Å². The van der Waals surface area contributed by atoms with E-state index >= 15 is 0 Å². The Hall–Kier alpha value is -2.04. The summed E-state index contributed by atoms with van der Waals surface area (Å²) in [5, 5.41) is 7.11. The van der Waals surface area contributed by atoms with Crippen molar-refractivity contribution in [1.82, 2.24) is 9.78 Å². The lowest BCUT2D eigenvalue weighted by Gasteiger charge is -2.02. The number of hydrogen-bond donors (Lipinski definition) is 2. The molecule has 0 fully saturated rings. The Morgan fingerprint density at radius 1 is 1.33 bits per heavy atom. The molecule has 2 rings (SSSR count). The molecule has 78 valence electrons. The summed E-state index contributed by atoms with van der Waals surface area (Å²) in [6, 6.07) is 6.01. The van der Waals surface area contributed by atoms with Crippen LogP contribution in [0.4, 0.5) is 21.6 Å². The second kappa shape index (κ2) is 3.61. The van der Waals surface area contributed by atoms with Crippen LogP contribution in [-0.4, -0.2) is 9.78 Å². The number of hydrogen-bond acceptors (Lipinski definition) is 3. The first-order valence-corrected chi connectivity index (χ1v) is 4.47. The van der Waals surface area contributed by atoms with Gasteiger partial charge in [0, 0.05) is 18.9 Å². The molecule has 0 unspecified atom stereocenters. The van der Waals surface area contributed by atoms with Crippen molar-refractivity contribution in [3.63, 3.8) is 0 Å². The molecule has 0 bridgehead atoms. The van der Waals surface area contributed by atoms with E-state index in [0.29, 0.717) is 11.5 Å². The van der Waals surface area contributed by atoms with E-state index in [1.807, 2.05) is 0 Å². The van der Waals surface area contributed by atoms with Crippen LogP contribution in [0.3, 0.4) is 0 Å². The van der Waals surface area contributed by atoms with E-state index in [1.165, 1.54) is 12.1 Å². The van der Waals surface area contributed by atoms with Gasteiger partial charge in [-0.1, -0.05) is 0 Å². The maximum absolute atomic E-state index is 12.6. The van der Waals surface area contributed by atoms with E-state index in [9.17, 15) is 4.39 Å². The fourth-order valence-electron chi connectivity index (χ4n) is 1.27. The summed E-state index contributed by atoms with van der Waals surface area (Å²) in [4.78, 5) is 0. The van der Waals surface area contributed by atoms with E-state index in [2.05, 4.69) is 10.4 Å². The van der Waals surface area contributed by atoms with Gasteiger partial charge < -0.3 is 11.1 Å². The minimum atomic E-state index is -0.269. The molecule has 0 amide bonds. The van der Waals surface area contributed by atoms with E-state index in [0.717, 1.165) is 5.69 Å². The third-order valence-corrected chi connectivity index (χ3v) is 1.96. The largest absolute Gasteiger partial charge is 0.394 e. The monoisotopic (exact) mass is 206 g/mol. The summed E-state index contributed by atoms with van der Waals surface area (Å²) in [6.07, 6.45) is 1.70. The van der Waals surface area contributed by atoms with Crippen molar-refractivity contribution in [2.24, 2.45) is 7.05 Å². The fraction of sp³-hybridized carbons (Fsp3) is 0.100. The van der Waals surface area contributed by atoms with Crippen LogP contribution in [0.5, 0.6) is 0 Å². The van der Waals surface area contributed by atoms with Gasteiger partial charge in [-0.25, -0.2) is 4.39 Å². The molecule has 0 aliphatic carbocycles. The number of nitrogen functional groups attached to an aromatic ring is 1. The van der Waals surface area contributed by atoms with E-state index in [-0.39, 0.29) is 5.82 Å². The standard InChI is InChI=1S/C10H11FN4/c1-15-6-9(12)10(14-15)13-8-4-2-7(11)3-5-8/h2-6H,12H2,1H3,(H,13,14). The maximum Gasteiger partial charge on any atom is 0.175 e. The number of rotatable bonds is 2. The lowest BCUT2D eigenvalue weighted by molar-refractivity contribution is 0.628. The van der Waals surface area contributed by atoms with Gasteiger partial charge in [-0.15, -0.1) is 0 Å². The van der Waals surface area contributed by atoms with E-state index < -0.39 is 0 Å². The Kier molecular flexibility index (Phi) is 2.29. The van der Waals surface area contributed by atoms with Crippen molar-refractivity contribution in [3.8, 4) is 0 Å². The first kappa shape index (κ1) is 9.51. The van der Waals surface area contributed by atoms with Crippen molar-refractivity contribution in [3.05, 3.63) is 36.3 Å². The summed E-state index contributed by atoms with van der Waals surface area (Å²) >= 11 is 0.